The van der Waals surface area contributed by atoms with E-state index in [1.807, 2.05) is 30.3 Å². The number of fused-ring (bicyclic) bond motifs is 1. The van der Waals surface area contributed by atoms with E-state index in [4.69, 9.17) is 14.2 Å². The van der Waals surface area contributed by atoms with Gasteiger partial charge in [0.05, 0.1) is 6.61 Å². The summed E-state index contributed by atoms with van der Waals surface area (Å²) in [5, 5.41) is 22.8. The molecule has 2 heterocycles. The molecule has 1 aromatic carbocycles. The lowest BCUT2D eigenvalue weighted by Crippen LogP contribution is -2.66. The van der Waals surface area contributed by atoms with E-state index in [9.17, 15) is 15.0 Å². The lowest BCUT2D eigenvalue weighted by atomic mass is 9.96. The number of rotatable bonds is 2. The third-order valence-electron chi connectivity index (χ3n) is 3.83. The number of nitrogens with one attached hydrogen (secondary N) is 1. The molecule has 7 nitrogen and oxygen atoms in total. The zero-order valence-electron chi connectivity index (χ0n) is 12.1. The summed E-state index contributed by atoms with van der Waals surface area (Å²) in [4.78, 5) is 11.2. The van der Waals surface area contributed by atoms with E-state index in [0.717, 1.165) is 5.56 Å². The molecule has 0 bridgehead atoms. The van der Waals surface area contributed by atoms with Gasteiger partial charge in [-0.15, -0.1) is 0 Å². The highest BCUT2D eigenvalue weighted by Gasteiger charge is 2.49. The Hall–Kier alpha value is -1.51. The number of hydrogen-bond donors (Lipinski definition) is 3. The second-order valence-electron chi connectivity index (χ2n) is 5.46. The summed E-state index contributed by atoms with van der Waals surface area (Å²) in [5.41, 5.74) is 0.829. The van der Waals surface area contributed by atoms with Gasteiger partial charge in [0.15, 0.2) is 12.6 Å². The maximum absolute atomic E-state index is 11.2. The Kier molecular flexibility index (Phi) is 4.42. The molecule has 22 heavy (non-hydrogen) atoms. The highest BCUT2D eigenvalue weighted by atomic mass is 16.7. The van der Waals surface area contributed by atoms with Crippen molar-refractivity contribution in [1.82, 2.24) is 5.32 Å². The average Bonchev–Trinajstić information content (AvgIpc) is 2.52. The van der Waals surface area contributed by atoms with Crippen LogP contribution in [0.15, 0.2) is 30.3 Å². The van der Waals surface area contributed by atoms with Crippen molar-refractivity contribution in [2.75, 3.05) is 6.61 Å². The quantitative estimate of drug-likeness (QED) is 0.693. The maximum atomic E-state index is 11.2. The van der Waals surface area contributed by atoms with Crippen LogP contribution < -0.4 is 5.32 Å². The highest BCUT2D eigenvalue weighted by Crippen LogP contribution is 2.33. The molecule has 0 saturated carbocycles. The average molecular weight is 309 g/mol. The van der Waals surface area contributed by atoms with Gasteiger partial charge in [-0.25, -0.2) is 0 Å². The van der Waals surface area contributed by atoms with E-state index >= 15 is 0 Å². The van der Waals surface area contributed by atoms with E-state index in [0.29, 0.717) is 0 Å². The molecule has 0 unspecified atom stereocenters. The summed E-state index contributed by atoms with van der Waals surface area (Å²) >= 11 is 0. The fourth-order valence-corrected chi connectivity index (χ4v) is 2.78. The zero-order chi connectivity index (χ0) is 15.7. The van der Waals surface area contributed by atoms with Gasteiger partial charge in [-0.05, 0) is 0 Å². The highest BCUT2D eigenvalue weighted by molar-refractivity contribution is 5.73. The molecule has 2 aliphatic rings. The number of carbonyl (C=O) groups is 1. The normalized spacial score (nSPS) is 38.1. The first kappa shape index (κ1) is 15.4. The van der Waals surface area contributed by atoms with Crippen LogP contribution in [0.3, 0.4) is 0 Å². The molecular formula is C15H19NO6. The minimum absolute atomic E-state index is 0.186. The van der Waals surface area contributed by atoms with Crippen LogP contribution in [-0.4, -0.2) is 53.4 Å². The third-order valence-corrected chi connectivity index (χ3v) is 3.83. The Morgan fingerprint density at radius 3 is 2.64 bits per heavy atom. The van der Waals surface area contributed by atoms with Crippen molar-refractivity contribution in [1.29, 1.82) is 0 Å². The molecule has 1 amide bonds. The first-order valence-corrected chi connectivity index (χ1v) is 7.17. The molecule has 0 aromatic heterocycles. The predicted octanol–water partition coefficient (Wildman–Crippen LogP) is -0.317. The molecule has 2 fully saturated rings. The van der Waals surface area contributed by atoms with Crippen LogP contribution in [-0.2, 0) is 19.0 Å². The molecule has 0 radical (unpaired) electrons. The van der Waals surface area contributed by atoms with Crippen molar-refractivity contribution < 1.29 is 29.2 Å². The molecule has 7 heteroatoms. The van der Waals surface area contributed by atoms with Gasteiger partial charge in [-0.2, -0.15) is 0 Å². The minimum atomic E-state index is -1.30. The molecular weight excluding hydrogens is 290 g/mol. The molecule has 1 aromatic rings. The Morgan fingerprint density at radius 2 is 1.95 bits per heavy atom. The van der Waals surface area contributed by atoms with Gasteiger partial charge in [0.25, 0.3) is 0 Å². The number of ether oxygens (including phenoxy) is 3. The van der Waals surface area contributed by atoms with Gasteiger partial charge >= 0.3 is 0 Å². The first-order valence-electron chi connectivity index (χ1n) is 7.17. The summed E-state index contributed by atoms with van der Waals surface area (Å²) in [5.74, 6) is -0.364. The molecule has 6 atom stereocenters. The van der Waals surface area contributed by atoms with Crippen molar-refractivity contribution in [3.05, 3.63) is 35.9 Å². The lowest BCUT2D eigenvalue weighted by Gasteiger charge is -2.46. The largest absolute Gasteiger partial charge is 0.388 e. The topological polar surface area (TPSA) is 97.3 Å². The van der Waals surface area contributed by atoms with Gasteiger partial charge < -0.3 is 29.7 Å². The summed E-state index contributed by atoms with van der Waals surface area (Å²) in [6, 6.07) is 8.41. The number of aliphatic hydroxyl groups is 2. The number of hydrogen-bond acceptors (Lipinski definition) is 6. The monoisotopic (exact) mass is 309 g/mol. The maximum Gasteiger partial charge on any atom is 0.217 e. The van der Waals surface area contributed by atoms with Crippen LogP contribution in [0.2, 0.25) is 0 Å². The van der Waals surface area contributed by atoms with Gasteiger partial charge in [-0.1, -0.05) is 30.3 Å². The smallest absolute Gasteiger partial charge is 0.217 e. The molecule has 0 aliphatic carbocycles. The van der Waals surface area contributed by atoms with E-state index in [1.54, 1.807) is 0 Å². The number of aliphatic hydroxyl groups excluding tert-OH is 2. The fraction of sp³-hybridized carbons (Fsp3) is 0.533. The van der Waals surface area contributed by atoms with Crippen LogP contribution in [0.5, 0.6) is 0 Å². The Balaban J connectivity index is 1.75. The molecule has 120 valence electrons. The SMILES string of the molecule is CC(=O)N[C@H]1[C@H](O)[C@@H]2O[C@H](c3ccccc3)OC[C@H]2O[C@H]1O. The number of carbonyl (C=O) groups excluding carboxylic acids is 1. The summed E-state index contributed by atoms with van der Waals surface area (Å²) < 4.78 is 16.8. The van der Waals surface area contributed by atoms with Crippen molar-refractivity contribution in [2.45, 2.75) is 43.9 Å². The van der Waals surface area contributed by atoms with Crippen LogP contribution in [0, 0.1) is 0 Å². The van der Waals surface area contributed by atoms with Crippen molar-refractivity contribution in [2.24, 2.45) is 0 Å². The fourth-order valence-electron chi connectivity index (χ4n) is 2.78. The van der Waals surface area contributed by atoms with E-state index < -0.39 is 36.9 Å². The number of amides is 1. The summed E-state index contributed by atoms with van der Waals surface area (Å²) in [6.07, 6.45) is -4.29. The predicted molar refractivity (Wildman–Crippen MR) is 74.5 cm³/mol. The summed E-state index contributed by atoms with van der Waals surface area (Å²) in [6.45, 7) is 1.49. The van der Waals surface area contributed by atoms with Crippen molar-refractivity contribution in [3.8, 4) is 0 Å². The van der Waals surface area contributed by atoms with E-state index in [-0.39, 0.29) is 12.5 Å². The van der Waals surface area contributed by atoms with Crippen molar-refractivity contribution >= 4 is 5.91 Å². The second kappa shape index (κ2) is 6.31. The Labute approximate surface area is 127 Å². The third kappa shape index (κ3) is 2.99. The summed E-state index contributed by atoms with van der Waals surface area (Å²) in [7, 11) is 0. The van der Waals surface area contributed by atoms with E-state index in [1.165, 1.54) is 6.92 Å². The Bertz CT molecular complexity index is 524. The van der Waals surface area contributed by atoms with Crippen LogP contribution in [0.1, 0.15) is 18.8 Å². The molecule has 2 aliphatic heterocycles. The van der Waals surface area contributed by atoms with Gasteiger partial charge in [-0.3, -0.25) is 4.79 Å². The minimum Gasteiger partial charge on any atom is -0.388 e. The van der Waals surface area contributed by atoms with Crippen molar-refractivity contribution in [3.63, 3.8) is 0 Å². The lowest BCUT2D eigenvalue weighted by molar-refractivity contribution is -0.337. The van der Waals surface area contributed by atoms with Gasteiger partial charge in [0.2, 0.25) is 5.91 Å². The first-order chi connectivity index (χ1) is 10.6. The van der Waals surface area contributed by atoms with Gasteiger partial charge in [0, 0.05) is 12.5 Å². The standard InChI is InChI=1S/C15H19NO6/c1-8(17)16-11-12(18)13-10(21-14(11)19)7-20-15(22-13)9-5-3-2-4-6-9/h2-6,10-15,18-19H,7H2,1H3,(H,16,17)/t10-,11+,12+,13-,14-,15-/m1/s1. The molecule has 3 rings (SSSR count). The molecule has 3 N–H and O–H groups in total. The molecule has 0 spiro atoms. The van der Waals surface area contributed by atoms with Gasteiger partial charge in [0.1, 0.15) is 24.4 Å². The molecule has 2 saturated heterocycles. The van der Waals surface area contributed by atoms with Crippen LogP contribution in [0.4, 0.5) is 0 Å². The Morgan fingerprint density at radius 1 is 1.23 bits per heavy atom. The number of benzene rings is 1. The second-order valence-corrected chi connectivity index (χ2v) is 5.46. The zero-order valence-corrected chi connectivity index (χ0v) is 12.1. The van der Waals surface area contributed by atoms with E-state index in [2.05, 4.69) is 5.32 Å². The van der Waals surface area contributed by atoms with Crippen LogP contribution >= 0.6 is 0 Å². The van der Waals surface area contributed by atoms with Crippen LogP contribution in [0.25, 0.3) is 0 Å².